The molecule has 0 saturated heterocycles. The number of furan rings is 1. The summed E-state index contributed by atoms with van der Waals surface area (Å²) in [6.45, 7) is 5.87. The van der Waals surface area contributed by atoms with Crippen molar-refractivity contribution < 1.29 is 19.2 Å². The number of rotatable bonds is 3. The van der Waals surface area contributed by atoms with Crippen LogP contribution in [0, 0.1) is 20.8 Å². The molecule has 6 nitrogen and oxygen atoms in total. The molecular formula is C20H18N2O4. The molecule has 2 aromatic carbocycles. The molecule has 4 rings (SSSR count). The van der Waals surface area contributed by atoms with E-state index in [4.69, 9.17) is 8.94 Å². The smallest absolute Gasteiger partial charge is 0.258 e. The van der Waals surface area contributed by atoms with Crippen LogP contribution in [0.15, 0.2) is 45.3 Å². The van der Waals surface area contributed by atoms with Gasteiger partial charge in [0.05, 0.1) is 0 Å². The Kier molecular flexibility index (Phi) is 3.86. The van der Waals surface area contributed by atoms with Crippen LogP contribution in [0.25, 0.3) is 34.0 Å². The van der Waals surface area contributed by atoms with Gasteiger partial charge in [-0.2, -0.15) is 4.98 Å². The van der Waals surface area contributed by atoms with Crippen LogP contribution in [-0.2, 0) is 0 Å². The normalized spacial score (nSPS) is 11.6. The average molecular weight is 350 g/mol. The van der Waals surface area contributed by atoms with Gasteiger partial charge in [0, 0.05) is 16.5 Å². The fourth-order valence-corrected chi connectivity index (χ4v) is 3.02. The molecule has 0 unspecified atom stereocenters. The maximum Gasteiger partial charge on any atom is 0.258 e. The maximum atomic E-state index is 9.27. The lowest BCUT2D eigenvalue weighted by Crippen LogP contribution is -1.96. The summed E-state index contributed by atoms with van der Waals surface area (Å²) in [5.41, 5.74) is 4.95. The lowest BCUT2D eigenvalue weighted by Gasteiger charge is -2.06. The van der Waals surface area contributed by atoms with Crippen LogP contribution in [0.1, 0.15) is 28.5 Å². The van der Waals surface area contributed by atoms with Crippen molar-refractivity contribution in [1.82, 2.24) is 10.1 Å². The molecule has 26 heavy (non-hydrogen) atoms. The van der Waals surface area contributed by atoms with E-state index in [1.807, 2.05) is 32.9 Å². The predicted molar refractivity (Wildman–Crippen MR) is 96.3 cm³/mol. The topological polar surface area (TPSA) is 92.5 Å². The molecule has 132 valence electrons. The molecule has 0 amide bonds. The molecule has 6 heteroatoms. The zero-order chi connectivity index (χ0) is 18.4. The van der Waals surface area contributed by atoms with Gasteiger partial charge < -0.3 is 19.2 Å². The van der Waals surface area contributed by atoms with E-state index in [0.717, 1.165) is 33.2 Å². The Bertz CT molecular complexity index is 1070. The van der Waals surface area contributed by atoms with E-state index in [2.05, 4.69) is 16.2 Å². The quantitative estimate of drug-likeness (QED) is 0.541. The van der Waals surface area contributed by atoms with E-state index in [0.29, 0.717) is 23.0 Å². The second-order valence-electron chi connectivity index (χ2n) is 6.42. The van der Waals surface area contributed by atoms with Crippen LogP contribution in [0.3, 0.4) is 0 Å². The first-order chi connectivity index (χ1) is 12.4. The Balaban J connectivity index is 1.75. The first-order valence-electron chi connectivity index (χ1n) is 8.25. The van der Waals surface area contributed by atoms with Gasteiger partial charge in [0.2, 0.25) is 5.82 Å². The van der Waals surface area contributed by atoms with Crippen molar-refractivity contribution >= 4 is 11.0 Å². The van der Waals surface area contributed by atoms with E-state index in [-0.39, 0.29) is 0 Å². The number of hydrogen-bond donors (Lipinski definition) is 2. The van der Waals surface area contributed by atoms with Gasteiger partial charge >= 0.3 is 0 Å². The summed E-state index contributed by atoms with van der Waals surface area (Å²) in [4.78, 5) is 4.44. The number of aliphatic hydroxyl groups is 2. The molecule has 2 aromatic heterocycles. The summed E-state index contributed by atoms with van der Waals surface area (Å²) in [5.74, 6) is 1.28. The standard InChI is InChI=1S/C20H18N2O4/c1-10-4-5-11(2)17-15(10)9-16(25-17)18-21-19(26-22-18)14-7-6-13(20(23)24)8-12(14)3/h4-9,20,23-24H,1-3H3. The number of aliphatic hydroxyl groups excluding tert-OH is 1. The van der Waals surface area contributed by atoms with Gasteiger partial charge in [0.15, 0.2) is 12.1 Å². The monoisotopic (exact) mass is 350 g/mol. The van der Waals surface area contributed by atoms with Gasteiger partial charge in [0.25, 0.3) is 5.89 Å². The Morgan fingerprint density at radius 3 is 2.38 bits per heavy atom. The number of fused-ring (bicyclic) bond motifs is 1. The van der Waals surface area contributed by atoms with Crippen molar-refractivity contribution in [3.8, 4) is 23.0 Å². The molecule has 0 radical (unpaired) electrons. The van der Waals surface area contributed by atoms with Crippen molar-refractivity contribution in [1.29, 1.82) is 0 Å². The van der Waals surface area contributed by atoms with Gasteiger partial charge in [-0.15, -0.1) is 0 Å². The van der Waals surface area contributed by atoms with Crippen LogP contribution in [0.2, 0.25) is 0 Å². The summed E-state index contributed by atoms with van der Waals surface area (Å²) >= 11 is 0. The van der Waals surface area contributed by atoms with Crippen molar-refractivity contribution in [2.75, 3.05) is 0 Å². The van der Waals surface area contributed by atoms with E-state index in [9.17, 15) is 10.2 Å². The van der Waals surface area contributed by atoms with Gasteiger partial charge in [0.1, 0.15) is 5.58 Å². The van der Waals surface area contributed by atoms with Crippen molar-refractivity contribution in [3.05, 3.63) is 58.7 Å². The molecule has 0 fully saturated rings. The molecule has 2 N–H and O–H groups in total. The highest BCUT2D eigenvalue weighted by Crippen LogP contribution is 2.32. The Morgan fingerprint density at radius 2 is 1.69 bits per heavy atom. The lowest BCUT2D eigenvalue weighted by molar-refractivity contribution is -0.0425. The van der Waals surface area contributed by atoms with Crippen LogP contribution >= 0.6 is 0 Å². The highest BCUT2D eigenvalue weighted by molar-refractivity contribution is 5.87. The maximum absolute atomic E-state index is 9.27. The summed E-state index contributed by atoms with van der Waals surface area (Å²) in [7, 11) is 0. The second kappa shape index (κ2) is 6.09. The second-order valence-corrected chi connectivity index (χ2v) is 6.42. The number of aryl methyl sites for hydroxylation is 3. The predicted octanol–water partition coefficient (Wildman–Crippen LogP) is 4.06. The zero-order valence-corrected chi connectivity index (χ0v) is 14.6. The third-order valence-corrected chi connectivity index (χ3v) is 4.52. The minimum atomic E-state index is -1.51. The average Bonchev–Trinajstić information content (AvgIpc) is 3.25. The molecular weight excluding hydrogens is 332 g/mol. The SMILES string of the molecule is Cc1cc(C(O)O)ccc1-c1nc(-c2cc3c(C)ccc(C)c3o2)no1. The molecule has 2 heterocycles. The summed E-state index contributed by atoms with van der Waals surface area (Å²) in [5, 5.41) is 23.6. The molecule has 0 aliphatic heterocycles. The molecule has 0 aliphatic rings. The molecule has 0 aliphatic carbocycles. The fraction of sp³-hybridized carbons (Fsp3) is 0.200. The number of nitrogens with zero attached hydrogens (tertiary/aromatic N) is 2. The van der Waals surface area contributed by atoms with Crippen LogP contribution < -0.4 is 0 Å². The lowest BCUT2D eigenvalue weighted by atomic mass is 10.0. The summed E-state index contributed by atoms with van der Waals surface area (Å²) in [6, 6.07) is 11.0. The van der Waals surface area contributed by atoms with Gasteiger partial charge in [-0.25, -0.2) is 0 Å². The number of benzene rings is 2. The third kappa shape index (κ3) is 2.69. The summed E-state index contributed by atoms with van der Waals surface area (Å²) < 4.78 is 11.3. The first-order valence-corrected chi connectivity index (χ1v) is 8.25. The van der Waals surface area contributed by atoms with Gasteiger partial charge in [-0.1, -0.05) is 29.4 Å². The van der Waals surface area contributed by atoms with Crippen LogP contribution in [0.5, 0.6) is 0 Å². The minimum Gasteiger partial charge on any atom is -0.452 e. The fourth-order valence-electron chi connectivity index (χ4n) is 3.02. The molecule has 0 saturated carbocycles. The van der Waals surface area contributed by atoms with Gasteiger partial charge in [-0.3, -0.25) is 0 Å². The minimum absolute atomic E-state index is 0.352. The molecule has 0 bridgehead atoms. The van der Waals surface area contributed by atoms with E-state index in [1.54, 1.807) is 18.2 Å². The number of hydrogen-bond acceptors (Lipinski definition) is 6. The van der Waals surface area contributed by atoms with Crippen molar-refractivity contribution in [2.45, 2.75) is 27.1 Å². The highest BCUT2D eigenvalue weighted by atomic mass is 16.5. The van der Waals surface area contributed by atoms with Crippen molar-refractivity contribution in [3.63, 3.8) is 0 Å². The molecule has 4 aromatic rings. The third-order valence-electron chi connectivity index (χ3n) is 4.52. The van der Waals surface area contributed by atoms with Crippen LogP contribution in [0.4, 0.5) is 0 Å². The summed E-state index contributed by atoms with van der Waals surface area (Å²) in [6.07, 6.45) is -1.51. The van der Waals surface area contributed by atoms with E-state index in [1.165, 1.54) is 0 Å². The first kappa shape index (κ1) is 16.5. The zero-order valence-electron chi connectivity index (χ0n) is 14.6. The largest absolute Gasteiger partial charge is 0.452 e. The van der Waals surface area contributed by atoms with E-state index >= 15 is 0 Å². The Labute approximate surface area is 149 Å². The highest BCUT2D eigenvalue weighted by Gasteiger charge is 2.18. The molecule has 0 spiro atoms. The van der Waals surface area contributed by atoms with E-state index < -0.39 is 6.29 Å². The molecule has 0 atom stereocenters. The Morgan fingerprint density at radius 1 is 0.923 bits per heavy atom. The Hall–Kier alpha value is -2.96. The van der Waals surface area contributed by atoms with Gasteiger partial charge in [-0.05, 0) is 49.6 Å². The van der Waals surface area contributed by atoms with Crippen molar-refractivity contribution in [2.24, 2.45) is 0 Å². The number of aromatic nitrogens is 2. The van der Waals surface area contributed by atoms with Crippen LogP contribution in [-0.4, -0.2) is 20.4 Å².